The maximum atomic E-state index is 12.4. The van der Waals surface area contributed by atoms with Gasteiger partial charge in [-0.25, -0.2) is 8.42 Å². The van der Waals surface area contributed by atoms with Crippen LogP contribution in [-0.2, 0) is 10.0 Å². The first kappa shape index (κ1) is 17.5. The Bertz CT molecular complexity index is 656. The zero-order valence-corrected chi connectivity index (χ0v) is 14.6. The van der Waals surface area contributed by atoms with Crippen molar-refractivity contribution in [2.45, 2.75) is 13.3 Å². The summed E-state index contributed by atoms with van der Waals surface area (Å²) in [7, 11) is -3.21. The monoisotopic (exact) mass is 364 g/mol. The van der Waals surface area contributed by atoms with Crippen LogP contribution in [0.5, 0.6) is 0 Å². The fraction of sp³-hybridized carbons (Fsp3) is 0.500. The maximum absolute atomic E-state index is 12.4. The molecule has 2 rings (SSSR count). The predicted molar refractivity (Wildman–Crippen MR) is 88.0 cm³/mol. The molecule has 0 radical (unpaired) electrons. The summed E-state index contributed by atoms with van der Waals surface area (Å²) in [6, 6.07) is 4.73. The number of amides is 1. The highest BCUT2D eigenvalue weighted by atomic mass is 35.5. The minimum absolute atomic E-state index is 0.143. The second-order valence-electron chi connectivity index (χ2n) is 5.13. The Balaban J connectivity index is 2.04. The van der Waals surface area contributed by atoms with Crippen LogP contribution in [0.1, 0.15) is 23.7 Å². The van der Waals surface area contributed by atoms with E-state index in [2.05, 4.69) is 0 Å². The van der Waals surface area contributed by atoms with Gasteiger partial charge in [0.05, 0.1) is 16.3 Å². The largest absolute Gasteiger partial charge is 0.336 e. The Morgan fingerprint density at radius 3 is 2.36 bits per heavy atom. The second-order valence-corrected chi connectivity index (χ2v) is 8.06. The number of sulfonamides is 1. The van der Waals surface area contributed by atoms with Gasteiger partial charge in [-0.2, -0.15) is 4.31 Å². The fourth-order valence-electron chi connectivity index (χ4n) is 2.39. The van der Waals surface area contributed by atoms with Crippen molar-refractivity contribution >= 4 is 39.1 Å². The molecule has 22 heavy (non-hydrogen) atoms. The van der Waals surface area contributed by atoms with Gasteiger partial charge in [-0.3, -0.25) is 4.79 Å². The Labute approximate surface area is 140 Å². The molecule has 0 spiro atoms. The van der Waals surface area contributed by atoms with Crippen LogP contribution in [0.15, 0.2) is 18.2 Å². The summed E-state index contributed by atoms with van der Waals surface area (Å²) in [4.78, 5) is 14.1. The molecular weight excluding hydrogens is 347 g/mol. The summed E-state index contributed by atoms with van der Waals surface area (Å²) in [5.74, 6) is -0.0570. The van der Waals surface area contributed by atoms with E-state index in [1.165, 1.54) is 10.4 Å². The van der Waals surface area contributed by atoms with Gasteiger partial charge in [0.2, 0.25) is 10.0 Å². The van der Waals surface area contributed by atoms with Gasteiger partial charge in [0.25, 0.3) is 5.91 Å². The summed E-state index contributed by atoms with van der Waals surface area (Å²) < 4.78 is 25.5. The first-order valence-electron chi connectivity index (χ1n) is 7.07. The third-order valence-electron chi connectivity index (χ3n) is 3.54. The lowest BCUT2D eigenvalue weighted by Gasteiger charge is -2.34. The maximum Gasteiger partial charge on any atom is 0.255 e. The number of hydrogen-bond acceptors (Lipinski definition) is 3. The van der Waals surface area contributed by atoms with E-state index in [9.17, 15) is 13.2 Å². The Kier molecular flexibility index (Phi) is 5.71. The van der Waals surface area contributed by atoms with Gasteiger partial charge in [-0.15, -0.1) is 0 Å². The number of carbonyl (C=O) groups is 1. The number of benzene rings is 1. The molecular formula is C14H18Cl2N2O3S. The van der Waals surface area contributed by atoms with E-state index in [4.69, 9.17) is 23.2 Å². The first-order valence-corrected chi connectivity index (χ1v) is 9.44. The van der Waals surface area contributed by atoms with Crippen LogP contribution in [0.3, 0.4) is 0 Å². The molecule has 1 aromatic carbocycles. The van der Waals surface area contributed by atoms with Crippen molar-refractivity contribution in [1.82, 2.24) is 9.21 Å². The minimum Gasteiger partial charge on any atom is -0.336 e. The van der Waals surface area contributed by atoms with E-state index >= 15 is 0 Å². The molecule has 0 aromatic heterocycles. The fourth-order valence-corrected chi connectivity index (χ4v) is 4.37. The summed E-state index contributed by atoms with van der Waals surface area (Å²) in [5, 5.41) is 0.774. The molecule has 0 saturated carbocycles. The standard InChI is InChI=1S/C14H18Cl2N2O3S/c1-2-9-22(20,21)18-7-5-17(6-8-18)14(19)12-4-3-11(15)10-13(12)16/h3-4,10H,2,5-9H2,1H3. The van der Waals surface area contributed by atoms with Crippen LogP contribution in [0, 0.1) is 0 Å². The van der Waals surface area contributed by atoms with E-state index in [-0.39, 0.29) is 11.7 Å². The molecule has 0 aliphatic carbocycles. The molecule has 0 atom stereocenters. The van der Waals surface area contributed by atoms with Gasteiger partial charge in [-0.05, 0) is 24.6 Å². The quantitative estimate of drug-likeness (QED) is 0.824. The number of carbonyl (C=O) groups excluding carboxylic acids is 1. The smallest absolute Gasteiger partial charge is 0.255 e. The second kappa shape index (κ2) is 7.17. The molecule has 122 valence electrons. The van der Waals surface area contributed by atoms with E-state index < -0.39 is 10.0 Å². The van der Waals surface area contributed by atoms with Gasteiger partial charge in [-0.1, -0.05) is 30.1 Å². The summed E-state index contributed by atoms with van der Waals surface area (Å²) >= 11 is 11.9. The minimum atomic E-state index is -3.21. The van der Waals surface area contributed by atoms with Crippen molar-refractivity contribution in [2.24, 2.45) is 0 Å². The average Bonchev–Trinajstić information content (AvgIpc) is 2.47. The SMILES string of the molecule is CCCS(=O)(=O)N1CCN(C(=O)c2ccc(Cl)cc2Cl)CC1. The molecule has 1 amide bonds. The summed E-state index contributed by atoms with van der Waals surface area (Å²) in [6.45, 7) is 3.19. The average molecular weight is 365 g/mol. The van der Waals surface area contributed by atoms with Crippen LogP contribution in [0.25, 0.3) is 0 Å². The Morgan fingerprint density at radius 2 is 1.82 bits per heavy atom. The van der Waals surface area contributed by atoms with Gasteiger partial charge in [0.15, 0.2) is 0 Å². The highest BCUT2D eigenvalue weighted by molar-refractivity contribution is 7.89. The molecule has 8 heteroatoms. The lowest BCUT2D eigenvalue weighted by molar-refractivity contribution is 0.0698. The van der Waals surface area contributed by atoms with Gasteiger partial charge in [0, 0.05) is 31.2 Å². The molecule has 1 heterocycles. The summed E-state index contributed by atoms with van der Waals surface area (Å²) in [6.07, 6.45) is 0.585. The number of hydrogen-bond donors (Lipinski definition) is 0. The molecule has 1 aromatic rings. The van der Waals surface area contributed by atoms with Crippen LogP contribution in [0.4, 0.5) is 0 Å². The lowest BCUT2D eigenvalue weighted by Crippen LogP contribution is -2.51. The molecule has 5 nitrogen and oxygen atoms in total. The molecule has 0 unspecified atom stereocenters. The predicted octanol–water partition coefficient (Wildman–Crippen LogP) is 2.49. The highest BCUT2D eigenvalue weighted by Gasteiger charge is 2.29. The van der Waals surface area contributed by atoms with Crippen LogP contribution < -0.4 is 0 Å². The third-order valence-corrected chi connectivity index (χ3v) is 6.17. The van der Waals surface area contributed by atoms with E-state index in [0.717, 1.165) is 0 Å². The van der Waals surface area contributed by atoms with E-state index in [1.54, 1.807) is 17.0 Å². The topological polar surface area (TPSA) is 57.7 Å². The van der Waals surface area contributed by atoms with Crippen molar-refractivity contribution in [3.05, 3.63) is 33.8 Å². The van der Waals surface area contributed by atoms with Crippen molar-refractivity contribution in [3.63, 3.8) is 0 Å². The van der Waals surface area contributed by atoms with Crippen LogP contribution >= 0.6 is 23.2 Å². The van der Waals surface area contributed by atoms with Gasteiger partial charge < -0.3 is 4.90 Å². The van der Waals surface area contributed by atoms with Gasteiger partial charge >= 0.3 is 0 Å². The van der Waals surface area contributed by atoms with E-state index in [0.29, 0.717) is 48.2 Å². The molecule has 1 aliphatic heterocycles. The molecule has 1 aliphatic rings. The van der Waals surface area contributed by atoms with Crippen LogP contribution in [0.2, 0.25) is 10.0 Å². The normalized spacial score (nSPS) is 16.8. The molecule has 1 fully saturated rings. The highest BCUT2D eigenvalue weighted by Crippen LogP contribution is 2.23. The molecule has 0 bridgehead atoms. The summed E-state index contributed by atoms with van der Waals surface area (Å²) in [5.41, 5.74) is 0.385. The van der Waals surface area contributed by atoms with Crippen molar-refractivity contribution in [3.8, 4) is 0 Å². The first-order chi connectivity index (χ1) is 10.3. The van der Waals surface area contributed by atoms with Crippen molar-refractivity contribution in [2.75, 3.05) is 31.9 Å². The molecule has 1 saturated heterocycles. The number of rotatable bonds is 4. The van der Waals surface area contributed by atoms with Gasteiger partial charge in [0.1, 0.15) is 0 Å². The van der Waals surface area contributed by atoms with Crippen molar-refractivity contribution < 1.29 is 13.2 Å². The van der Waals surface area contributed by atoms with Crippen molar-refractivity contribution in [1.29, 1.82) is 0 Å². The lowest BCUT2D eigenvalue weighted by atomic mass is 10.2. The number of piperazine rings is 1. The Morgan fingerprint density at radius 1 is 1.18 bits per heavy atom. The van der Waals surface area contributed by atoms with Crippen LogP contribution in [-0.4, -0.2) is 55.5 Å². The third kappa shape index (κ3) is 3.93. The zero-order chi connectivity index (χ0) is 16.3. The number of halogens is 2. The molecule has 0 N–H and O–H groups in total. The van der Waals surface area contributed by atoms with E-state index in [1.807, 2.05) is 6.92 Å². The Hall–Kier alpha value is -0.820. The number of nitrogens with zero attached hydrogens (tertiary/aromatic N) is 2. The zero-order valence-electron chi connectivity index (χ0n) is 12.3.